The average Bonchev–Trinajstić information content (AvgIpc) is 3.26. The molecule has 3 rings (SSSR count). The zero-order chi connectivity index (χ0) is 20.5. The smallest absolute Gasteiger partial charge is 0.191 e. The molecular weight excluding hydrogens is 384 g/mol. The Morgan fingerprint density at radius 2 is 1.83 bits per heavy atom. The van der Waals surface area contributed by atoms with E-state index in [-0.39, 0.29) is 0 Å². The van der Waals surface area contributed by atoms with Crippen LogP contribution in [0.5, 0.6) is 11.5 Å². The summed E-state index contributed by atoms with van der Waals surface area (Å²) in [5.41, 5.74) is 1.39. The lowest BCUT2D eigenvalue weighted by molar-refractivity contribution is 0.107. The predicted molar refractivity (Wildman–Crippen MR) is 122 cm³/mol. The molecule has 1 heterocycles. The van der Waals surface area contributed by atoms with Crippen LogP contribution in [0.25, 0.3) is 0 Å². The lowest BCUT2D eigenvalue weighted by atomic mass is 9.94. The van der Waals surface area contributed by atoms with Crippen molar-refractivity contribution < 1.29 is 9.47 Å². The third-order valence-electron chi connectivity index (χ3n) is 6.01. The van der Waals surface area contributed by atoms with Gasteiger partial charge in [0.1, 0.15) is 0 Å². The quantitative estimate of drug-likeness (QED) is 0.498. The minimum absolute atomic E-state index is 0.292. The van der Waals surface area contributed by atoms with Gasteiger partial charge in [-0.05, 0) is 37.5 Å². The number of guanidine groups is 1. The van der Waals surface area contributed by atoms with Crippen molar-refractivity contribution in [3.05, 3.63) is 23.8 Å². The molecule has 0 amide bonds. The fourth-order valence-corrected chi connectivity index (χ4v) is 5.32. The topological polar surface area (TPSA) is 58.1 Å². The number of nitrogens with zero attached hydrogens (tertiary/aromatic N) is 2. The van der Waals surface area contributed by atoms with E-state index < -0.39 is 0 Å². The Hall–Kier alpha value is -1.60. The summed E-state index contributed by atoms with van der Waals surface area (Å²) in [7, 11) is 3.32. The van der Waals surface area contributed by atoms with E-state index in [9.17, 15) is 0 Å². The standard InChI is InChI=1S/C22H36N4O2S/c1-4-23-21(24-16-18-7-8-19(27-2)20(15-18)28-3)25-17-22(9-5-6-10-22)26-11-13-29-14-12-26/h7-8,15H,4-6,9-14,16-17H2,1-3H3,(H2,23,24,25). The largest absolute Gasteiger partial charge is 0.493 e. The maximum Gasteiger partial charge on any atom is 0.191 e. The van der Waals surface area contributed by atoms with Gasteiger partial charge in [-0.15, -0.1) is 0 Å². The number of hydrogen-bond acceptors (Lipinski definition) is 5. The maximum atomic E-state index is 5.41. The first-order valence-corrected chi connectivity index (χ1v) is 11.9. The van der Waals surface area contributed by atoms with Crippen LogP contribution in [0.15, 0.2) is 23.2 Å². The number of aliphatic imine (C=N–C) groups is 1. The van der Waals surface area contributed by atoms with Crippen LogP contribution in [0, 0.1) is 0 Å². The molecule has 0 unspecified atom stereocenters. The molecule has 1 aliphatic carbocycles. The summed E-state index contributed by atoms with van der Waals surface area (Å²) in [5, 5.41) is 7.07. The highest BCUT2D eigenvalue weighted by molar-refractivity contribution is 7.99. The molecule has 29 heavy (non-hydrogen) atoms. The van der Waals surface area contributed by atoms with Crippen LogP contribution in [0.4, 0.5) is 0 Å². The SMILES string of the molecule is CCNC(=NCc1ccc(OC)c(OC)c1)NCC1(N2CCSCC2)CCCC1. The number of benzene rings is 1. The molecule has 0 radical (unpaired) electrons. The molecule has 1 saturated carbocycles. The molecule has 0 aromatic heterocycles. The fourth-order valence-electron chi connectivity index (χ4n) is 4.41. The molecule has 2 N–H and O–H groups in total. The van der Waals surface area contributed by atoms with Crippen molar-refractivity contribution in [1.82, 2.24) is 15.5 Å². The second-order valence-corrected chi connectivity index (χ2v) is 8.99. The number of methoxy groups -OCH3 is 2. The van der Waals surface area contributed by atoms with Crippen LogP contribution in [-0.4, -0.2) is 68.3 Å². The lowest BCUT2D eigenvalue weighted by Gasteiger charge is -2.43. The van der Waals surface area contributed by atoms with Crippen molar-refractivity contribution in [2.75, 3.05) is 51.9 Å². The van der Waals surface area contributed by atoms with E-state index in [4.69, 9.17) is 14.5 Å². The van der Waals surface area contributed by atoms with E-state index >= 15 is 0 Å². The number of ether oxygens (including phenoxy) is 2. The molecule has 162 valence electrons. The van der Waals surface area contributed by atoms with Gasteiger partial charge in [0.2, 0.25) is 0 Å². The average molecular weight is 421 g/mol. The Kier molecular flexibility index (Phi) is 8.36. The molecule has 0 bridgehead atoms. The molecule has 0 atom stereocenters. The van der Waals surface area contributed by atoms with Crippen molar-refractivity contribution in [1.29, 1.82) is 0 Å². The van der Waals surface area contributed by atoms with Gasteiger partial charge in [0.15, 0.2) is 17.5 Å². The minimum atomic E-state index is 0.292. The van der Waals surface area contributed by atoms with Crippen molar-refractivity contribution in [2.24, 2.45) is 4.99 Å². The van der Waals surface area contributed by atoms with Gasteiger partial charge in [-0.1, -0.05) is 18.9 Å². The van der Waals surface area contributed by atoms with Crippen molar-refractivity contribution in [3.8, 4) is 11.5 Å². The second-order valence-electron chi connectivity index (χ2n) is 7.77. The zero-order valence-corrected chi connectivity index (χ0v) is 18.9. The highest BCUT2D eigenvalue weighted by Gasteiger charge is 2.39. The van der Waals surface area contributed by atoms with E-state index in [0.717, 1.165) is 36.1 Å². The van der Waals surface area contributed by atoms with Gasteiger partial charge in [-0.2, -0.15) is 11.8 Å². The van der Waals surface area contributed by atoms with Crippen LogP contribution in [-0.2, 0) is 6.54 Å². The highest BCUT2D eigenvalue weighted by Crippen LogP contribution is 2.36. The molecule has 6 nitrogen and oxygen atoms in total. The minimum Gasteiger partial charge on any atom is -0.493 e. The summed E-state index contributed by atoms with van der Waals surface area (Å²) < 4.78 is 10.7. The van der Waals surface area contributed by atoms with Crippen molar-refractivity contribution in [2.45, 2.75) is 44.7 Å². The monoisotopic (exact) mass is 420 g/mol. The van der Waals surface area contributed by atoms with Crippen LogP contribution in [0.3, 0.4) is 0 Å². The summed E-state index contributed by atoms with van der Waals surface area (Å²) in [5.74, 6) is 4.89. The highest BCUT2D eigenvalue weighted by atomic mass is 32.2. The summed E-state index contributed by atoms with van der Waals surface area (Å²) in [6.07, 6.45) is 5.26. The van der Waals surface area contributed by atoms with Gasteiger partial charge in [-0.3, -0.25) is 4.90 Å². The molecule has 1 aliphatic heterocycles. The van der Waals surface area contributed by atoms with Gasteiger partial charge in [0, 0.05) is 43.2 Å². The Bertz CT molecular complexity index is 671. The van der Waals surface area contributed by atoms with E-state index in [0.29, 0.717) is 12.1 Å². The van der Waals surface area contributed by atoms with Gasteiger partial charge in [-0.25, -0.2) is 4.99 Å². The molecule has 2 fully saturated rings. The Morgan fingerprint density at radius 1 is 1.10 bits per heavy atom. The summed E-state index contributed by atoms with van der Waals surface area (Å²) in [6, 6.07) is 5.97. The zero-order valence-electron chi connectivity index (χ0n) is 18.1. The predicted octanol–water partition coefficient (Wildman–Crippen LogP) is 3.12. The van der Waals surface area contributed by atoms with Gasteiger partial charge >= 0.3 is 0 Å². The molecule has 1 aromatic carbocycles. The number of rotatable bonds is 8. The third kappa shape index (κ3) is 5.72. The molecule has 1 aromatic rings. The number of hydrogen-bond donors (Lipinski definition) is 2. The Labute approximate surface area is 179 Å². The van der Waals surface area contributed by atoms with Crippen LogP contribution >= 0.6 is 11.8 Å². The van der Waals surface area contributed by atoms with E-state index in [2.05, 4.69) is 34.2 Å². The van der Waals surface area contributed by atoms with E-state index in [1.54, 1.807) is 14.2 Å². The van der Waals surface area contributed by atoms with E-state index in [1.165, 1.54) is 50.3 Å². The Balaban J connectivity index is 1.65. The molecular formula is C22H36N4O2S. The van der Waals surface area contributed by atoms with Gasteiger partial charge in [0.25, 0.3) is 0 Å². The first-order valence-electron chi connectivity index (χ1n) is 10.8. The van der Waals surface area contributed by atoms with E-state index in [1.807, 2.05) is 18.2 Å². The maximum absolute atomic E-state index is 5.41. The second kappa shape index (κ2) is 11.0. The van der Waals surface area contributed by atoms with Crippen LogP contribution < -0.4 is 20.1 Å². The molecule has 1 saturated heterocycles. The fraction of sp³-hybridized carbons (Fsp3) is 0.682. The molecule has 2 aliphatic rings. The Morgan fingerprint density at radius 3 is 2.48 bits per heavy atom. The lowest BCUT2D eigenvalue weighted by Crippen LogP contribution is -2.57. The van der Waals surface area contributed by atoms with Crippen LogP contribution in [0.1, 0.15) is 38.2 Å². The van der Waals surface area contributed by atoms with Crippen molar-refractivity contribution in [3.63, 3.8) is 0 Å². The number of thioether (sulfide) groups is 1. The summed E-state index contributed by atoms with van der Waals surface area (Å²) in [4.78, 5) is 7.56. The first-order chi connectivity index (χ1) is 14.2. The van der Waals surface area contributed by atoms with Crippen molar-refractivity contribution >= 4 is 17.7 Å². The van der Waals surface area contributed by atoms with Gasteiger partial charge in [0.05, 0.1) is 20.8 Å². The van der Waals surface area contributed by atoms with Crippen LogP contribution in [0.2, 0.25) is 0 Å². The third-order valence-corrected chi connectivity index (χ3v) is 6.96. The summed E-state index contributed by atoms with van der Waals surface area (Å²) in [6.45, 7) is 6.96. The molecule has 0 spiro atoms. The summed E-state index contributed by atoms with van der Waals surface area (Å²) >= 11 is 2.08. The number of nitrogens with one attached hydrogen (secondary N) is 2. The first kappa shape index (κ1) is 22.1. The normalized spacial score (nSPS) is 19.8. The van der Waals surface area contributed by atoms with Gasteiger partial charge < -0.3 is 20.1 Å². The molecule has 7 heteroatoms.